The van der Waals surface area contributed by atoms with Gasteiger partial charge >= 0.3 is 0 Å². The Morgan fingerprint density at radius 3 is 2.65 bits per heavy atom. The van der Waals surface area contributed by atoms with E-state index in [1.165, 1.54) is 35.4 Å². The molecule has 2 saturated heterocycles. The second kappa shape index (κ2) is 6.27. The van der Waals surface area contributed by atoms with E-state index in [1.54, 1.807) is 11.3 Å². The minimum Gasteiger partial charge on any atom is -0.351 e. The van der Waals surface area contributed by atoms with E-state index in [-0.39, 0.29) is 5.91 Å². The lowest BCUT2D eigenvalue weighted by molar-refractivity contribution is -0.122. The number of amides is 1. The van der Waals surface area contributed by atoms with Gasteiger partial charge in [0.15, 0.2) is 0 Å². The van der Waals surface area contributed by atoms with Gasteiger partial charge in [-0.15, -0.1) is 11.3 Å². The smallest absolute Gasteiger partial charge is 0.220 e. The molecule has 4 heteroatoms. The topological polar surface area (TPSA) is 41.1 Å². The van der Waals surface area contributed by atoms with Gasteiger partial charge in [0.05, 0.1) is 6.54 Å². The van der Waals surface area contributed by atoms with Gasteiger partial charge in [0.1, 0.15) is 0 Å². The van der Waals surface area contributed by atoms with Crippen LogP contribution in [0.3, 0.4) is 0 Å². The van der Waals surface area contributed by atoms with Crippen LogP contribution in [0.2, 0.25) is 0 Å². The van der Waals surface area contributed by atoms with Gasteiger partial charge in [-0.25, -0.2) is 0 Å². The molecule has 2 unspecified atom stereocenters. The Morgan fingerprint density at radius 2 is 2.00 bits per heavy atom. The van der Waals surface area contributed by atoms with E-state index in [0.29, 0.717) is 31.0 Å². The van der Waals surface area contributed by atoms with E-state index in [1.807, 2.05) is 0 Å². The summed E-state index contributed by atoms with van der Waals surface area (Å²) in [5.41, 5.74) is 0. The first kappa shape index (κ1) is 14.1. The van der Waals surface area contributed by atoms with Gasteiger partial charge in [0.2, 0.25) is 5.91 Å². The molecule has 2 N–H and O–H groups in total. The molecule has 0 spiro atoms. The number of rotatable bonds is 5. The summed E-state index contributed by atoms with van der Waals surface area (Å²) in [5, 5.41) is 6.72. The molecule has 0 saturated carbocycles. The summed E-state index contributed by atoms with van der Waals surface area (Å²) in [7, 11) is 0. The number of carbonyl (C=O) groups is 1. The number of piperidine rings is 1. The lowest BCUT2D eigenvalue weighted by Crippen LogP contribution is -2.39. The summed E-state index contributed by atoms with van der Waals surface area (Å²) in [4.78, 5) is 14.7. The second-order valence-electron chi connectivity index (χ2n) is 6.18. The van der Waals surface area contributed by atoms with Crippen LogP contribution in [-0.4, -0.2) is 18.0 Å². The molecule has 0 aliphatic carbocycles. The van der Waals surface area contributed by atoms with Gasteiger partial charge in [0.25, 0.3) is 0 Å². The molecule has 20 heavy (non-hydrogen) atoms. The highest BCUT2D eigenvalue weighted by atomic mass is 32.1. The largest absolute Gasteiger partial charge is 0.351 e. The van der Waals surface area contributed by atoms with Gasteiger partial charge < -0.3 is 10.6 Å². The average Bonchev–Trinajstić information content (AvgIpc) is 3.03. The van der Waals surface area contributed by atoms with Crippen LogP contribution in [0.15, 0.2) is 12.1 Å². The van der Waals surface area contributed by atoms with Crippen LogP contribution in [0.4, 0.5) is 0 Å². The van der Waals surface area contributed by atoms with Crippen molar-refractivity contribution in [2.24, 2.45) is 5.92 Å². The highest BCUT2D eigenvalue weighted by Crippen LogP contribution is 2.32. The van der Waals surface area contributed by atoms with Gasteiger partial charge in [-0.3, -0.25) is 4.79 Å². The maximum Gasteiger partial charge on any atom is 0.220 e. The number of hydrogen-bond acceptors (Lipinski definition) is 3. The third-order valence-corrected chi connectivity index (χ3v) is 5.80. The Morgan fingerprint density at radius 1 is 1.30 bits per heavy atom. The Labute approximate surface area is 125 Å². The SMILES string of the molecule is CCc1ccc(CNC(=O)CC2CC3CCC(C2)N3)s1. The lowest BCUT2D eigenvalue weighted by atomic mass is 9.89. The molecule has 1 aromatic heterocycles. The first-order valence-electron chi connectivity index (χ1n) is 7.83. The quantitative estimate of drug-likeness (QED) is 0.876. The summed E-state index contributed by atoms with van der Waals surface area (Å²) in [6.45, 7) is 2.86. The van der Waals surface area contributed by atoms with Crippen molar-refractivity contribution in [2.45, 2.75) is 64.1 Å². The highest BCUT2D eigenvalue weighted by molar-refractivity contribution is 7.11. The van der Waals surface area contributed by atoms with Crippen molar-refractivity contribution in [1.82, 2.24) is 10.6 Å². The molecule has 1 amide bonds. The lowest BCUT2D eigenvalue weighted by Gasteiger charge is -2.28. The zero-order valence-electron chi connectivity index (χ0n) is 12.2. The van der Waals surface area contributed by atoms with Crippen LogP contribution in [0.25, 0.3) is 0 Å². The molecule has 2 aliphatic rings. The molecule has 0 aromatic carbocycles. The molecule has 2 aliphatic heterocycles. The Bertz CT molecular complexity index is 459. The van der Waals surface area contributed by atoms with E-state index in [0.717, 1.165) is 6.42 Å². The predicted molar refractivity (Wildman–Crippen MR) is 82.8 cm³/mol. The van der Waals surface area contributed by atoms with Gasteiger partial charge in [-0.05, 0) is 50.2 Å². The predicted octanol–water partition coefficient (Wildman–Crippen LogP) is 2.85. The van der Waals surface area contributed by atoms with Crippen molar-refractivity contribution in [3.63, 3.8) is 0 Å². The first-order valence-corrected chi connectivity index (χ1v) is 8.65. The molecule has 3 heterocycles. The van der Waals surface area contributed by atoms with E-state index >= 15 is 0 Å². The summed E-state index contributed by atoms with van der Waals surface area (Å²) < 4.78 is 0. The van der Waals surface area contributed by atoms with Crippen LogP contribution >= 0.6 is 11.3 Å². The molecular weight excluding hydrogens is 268 g/mol. The minimum atomic E-state index is 0.225. The van der Waals surface area contributed by atoms with E-state index < -0.39 is 0 Å². The normalized spacial score (nSPS) is 28.6. The molecule has 3 nitrogen and oxygen atoms in total. The molecule has 0 radical (unpaired) electrons. The van der Waals surface area contributed by atoms with Crippen molar-refractivity contribution in [1.29, 1.82) is 0 Å². The van der Waals surface area contributed by atoms with Crippen LogP contribution in [0, 0.1) is 5.92 Å². The Balaban J connectivity index is 1.43. The number of nitrogens with one attached hydrogen (secondary N) is 2. The van der Waals surface area contributed by atoms with Gasteiger partial charge in [-0.1, -0.05) is 6.92 Å². The van der Waals surface area contributed by atoms with E-state index in [9.17, 15) is 4.79 Å². The van der Waals surface area contributed by atoms with E-state index in [4.69, 9.17) is 0 Å². The zero-order chi connectivity index (χ0) is 13.9. The van der Waals surface area contributed by atoms with Crippen molar-refractivity contribution in [2.75, 3.05) is 0 Å². The fourth-order valence-electron chi connectivity index (χ4n) is 3.57. The van der Waals surface area contributed by atoms with Crippen LogP contribution < -0.4 is 10.6 Å². The minimum absolute atomic E-state index is 0.225. The summed E-state index contributed by atoms with van der Waals surface area (Å²) in [5.74, 6) is 0.811. The maximum atomic E-state index is 12.1. The van der Waals surface area contributed by atoms with Crippen molar-refractivity contribution >= 4 is 17.2 Å². The summed E-state index contributed by atoms with van der Waals surface area (Å²) in [6, 6.07) is 5.65. The fourth-order valence-corrected chi connectivity index (χ4v) is 4.47. The molecule has 2 bridgehead atoms. The zero-order valence-corrected chi connectivity index (χ0v) is 13.0. The number of carbonyl (C=O) groups excluding carboxylic acids is 1. The monoisotopic (exact) mass is 292 g/mol. The highest BCUT2D eigenvalue weighted by Gasteiger charge is 2.34. The fraction of sp³-hybridized carbons (Fsp3) is 0.688. The first-order chi connectivity index (χ1) is 9.72. The number of aryl methyl sites for hydroxylation is 1. The third-order valence-electron chi connectivity index (χ3n) is 4.57. The van der Waals surface area contributed by atoms with Crippen LogP contribution in [0.5, 0.6) is 0 Å². The second-order valence-corrected chi connectivity index (χ2v) is 7.43. The average molecular weight is 292 g/mol. The summed E-state index contributed by atoms with van der Waals surface area (Å²) in [6.07, 6.45) is 6.76. The molecule has 3 rings (SSSR count). The van der Waals surface area contributed by atoms with Gasteiger partial charge in [0, 0.05) is 28.3 Å². The van der Waals surface area contributed by atoms with E-state index in [2.05, 4.69) is 29.7 Å². The van der Waals surface area contributed by atoms with Crippen molar-refractivity contribution < 1.29 is 4.79 Å². The molecular formula is C16H24N2OS. The molecule has 2 fully saturated rings. The Kier molecular flexibility index (Phi) is 4.41. The number of fused-ring (bicyclic) bond motifs is 2. The van der Waals surface area contributed by atoms with Crippen LogP contribution in [0.1, 0.15) is 48.8 Å². The standard InChI is InChI=1S/C16H24N2OS/c1-2-14-5-6-15(20-14)10-17-16(19)9-11-7-12-3-4-13(8-11)18-12/h5-6,11-13,18H,2-4,7-10H2,1H3,(H,17,19). The number of thiophene rings is 1. The summed E-state index contributed by atoms with van der Waals surface area (Å²) >= 11 is 1.81. The van der Waals surface area contributed by atoms with Crippen LogP contribution in [-0.2, 0) is 17.8 Å². The van der Waals surface area contributed by atoms with Gasteiger partial charge in [-0.2, -0.15) is 0 Å². The molecule has 2 atom stereocenters. The maximum absolute atomic E-state index is 12.1. The molecule has 1 aromatic rings. The van der Waals surface area contributed by atoms with Crippen molar-refractivity contribution in [3.05, 3.63) is 21.9 Å². The van der Waals surface area contributed by atoms with Crippen molar-refractivity contribution in [3.8, 4) is 0 Å². The third kappa shape index (κ3) is 3.41. The Hall–Kier alpha value is -0.870. The number of hydrogen-bond donors (Lipinski definition) is 2. The molecule has 110 valence electrons.